The van der Waals surface area contributed by atoms with Gasteiger partial charge in [0, 0.05) is 12.0 Å². The van der Waals surface area contributed by atoms with Crippen molar-refractivity contribution in [2.45, 2.75) is 31.6 Å². The Morgan fingerprint density at radius 1 is 1.46 bits per heavy atom. The first-order chi connectivity index (χ1) is 6.31. The molecule has 1 fully saturated rings. The van der Waals surface area contributed by atoms with Crippen molar-refractivity contribution < 1.29 is 9.21 Å². The van der Waals surface area contributed by atoms with E-state index in [9.17, 15) is 4.79 Å². The van der Waals surface area contributed by atoms with Crippen LogP contribution in [-0.2, 0) is 0 Å². The fraction of sp³-hybridized carbons (Fsp3) is 0.500. The highest BCUT2D eigenvalue weighted by molar-refractivity contribution is 6.31. The van der Waals surface area contributed by atoms with E-state index in [0.717, 1.165) is 18.6 Å². The predicted molar refractivity (Wildman–Crippen MR) is 50.3 cm³/mol. The molecule has 1 aromatic heterocycles. The average Bonchev–Trinajstić information content (AvgIpc) is 2.72. The van der Waals surface area contributed by atoms with Crippen LogP contribution in [0.3, 0.4) is 0 Å². The second-order valence-corrected chi connectivity index (χ2v) is 3.87. The van der Waals surface area contributed by atoms with Gasteiger partial charge in [0.15, 0.2) is 12.0 Å². The lowest BCUT2D eigenvalue weighted by Crippen LogP contribution is -1.89. The number of furan rings is 1. The van der Waals surface area contributed by atoms with Gasteiger partial charge in [0.1, 0.15) is 5.76 Å². The van der Waals surface area contributed by atoms with Crippen LogP contribution in [0.25, 0.3) is 0 Å². The monoisotopic (exact) mass is 198 g/mol. The van der Waals surface area contributed by atoms with E-state index in [2.05, 4.69) is 0 Å². The molecule has 0 aliphatic heterocycles. The molecular formula is C10H11ClO2. The van der Waals surface area contributed by atoms with Gasteiger partial charge in [-0.15, -0.1) is 0 Å². The number of carbonyl (C=O) groups is 1. The summed E-state index contributed by atoms with van der Waals surface area (Å²) < 4.78 is 5.35. The van der Waals surface area contributed by atoms with Crippen LogP contribution in [0.15, 0.2) is 10.5 Å². The van der Waals surface area contributed by atoms with Crippen LogP contribution in [0.5, 0.6) is 0 Å². The lowest BCUT2D eigenvalue weighted by Gasteiger charge is -2.04. The van der Waals surface area contributed by atoms with E-state index < -0.39 is 0 Å². The average molecular weight is 199 g/mol. The number of hydrogen-bond acceptors (Lipinski definition) is 2. The zero-order valence-electron chi connectivity index (χ0n) is 7.25. The summed E-state index contributed by atoms with van der Waals surface area (Å²) in [6.45, 7) is 0. The third-order valence-electron chi connectivity index (χ3n) is 2.57. The first-order valence-electron chi connectivity index (χ1n) is 4.55. The predicted octanol–water partition coefficient (Wildman–Crippen LogP) is 3.40. The van der Waals surface area contributed by atoms with Crippen molar-refractivity contribution in [2.75, 3.05) is 0 Å². The van der Waals surface area contributed by atoms with Gasteiger partial charge < -0.3 is 4.42 Å². The van der Waals surface area contributed by atoms with Crippen molar-refractivity contribution >= 4 is 17.9 Å². The molecule has 70 valence electrons. The second-order valence-electron chi connectivity index (χ2n) is 3.46. The van der Waals surface area contributed by atoms with Crippen molar-refractivity contribution in [2.24, 2.45) is 0 Å². The lowest BCUT2D eigenvalue weighted by atomic mass is 10.1. The van der Waals surface area contributed by atoms with E-state index in [1.54, 1.807) is 6.07 Å². The molecule has 1 aliphatic carbocycles. The molecule has 0 atom stereocenters. The fourth-order valence-electron chi connectivity index (χ4n) is 1.93. The van der Waals surface area contributed by atoms with E-state index in [0.29, 0.717) is 23.0 Å². The van der Waals surface area contributed by atoms with Gasteiger partial charge in [-0.05, 0) is 12.8 Å². The van der Waals surface area contributed by atoms with Crippen LogP contribution in [0.2, 0.25) is 5.02 Å². The van der Waals surface area contributed by atoms with Crippen LogP contribution in [0.1, 0.15) is 47.9 Å². The minimum absolute atomic E-state index is 0.340. The third-order valence-corrected chi connectivity index (χ3v) is 2.87. The normalized spacial score (nSPS) is 17.9. The summed E-state index contributed by atoms with van der Waals surface area (Å²) in [4.78, 5) is 10.4. The highest BCUT2D eigenvalue weighted by Gasteiger charge is 2.23. The van der Waals surface area contributed by atoms with Crippen molar-refractivity contribution in [3.63, 3.8) is 0 Å². The first-order valence-corrected chi connectivity index (χ1v) is 4.93. The third kappa shape index (κ3) is 1.63. The van der Waals surface area contributed by atoms with E-state index in [1.165, 1.54) is 12.8 Å². The van der Waals surface area contributed by atoms with Gasteiger partial charge in [0.05, 0.1) is 5.02 Å². The van der Waals surface area contributed by atoms with Crippen molar-refractivity contribution in [3.8, 4) is 0 Å². The molecule has 1 heterocycles. The quantitative estimate of drug-likeness (QED) is 0.682. The number of hydrogen-bond donors (Lipinski definition) is 0. The second kappa shape index (κ2) is 3.54. The molecule has 0 unspecified atom stereocenters. The Morgan fingerprint density at radius 3 is 2.69 bits per heavy atom. The molecule has 13 heavy (non-hydrogen) atoms. The zero-order chi connectivity index (χ0) is 9.26. The summed E-state index contributed by atoms with van der Waals surface area (Å²) in [5.74, 6) is 1.58. The number of rotatable bonds is 2. The van der Waals surface area contributed by atoms with Crippen LogP contribution in [0, 0.1) is 0 Å². The molecule has 0 spiro atoms. The molecule has 1 aromatic rings. The lowest BCUT2D eigenvalue weighted by molar-refractivity contribution is 0.109. The largest absolute Gasteiger partial charge is 0.456 e. The van der Waals surface area contributed by atoms with Crippen LogP contribution in [-0.4, -0.2) is 6.29 Å². The highest BCUT2D eigenvalue weighted by Crippen LogP contribution is 2.38. The van der Waals surface area contributed by atoms with Gasteiger partial charge in [-0.2, -0.15) is 0 Å². The Labute approximate surface area is 81.9 Å². The maximum atomic E-state index is 10.4. The Bertz CT molecular complexity index is 311. The smallest absolute Gasteiger partial charge is 0.185 e. The molecule has 0 N–H and O–H groups in total. The molecule has 0 bridgehead atoms. The van der Waals surface area contributed by atoms with Crippen LogP contribution in [0.4, 0.5) is 0 Å². The highest BCUT2D eigenvalue weighted by atomic mass is 35.5. The van der Waals surface area contributed by atoms with Crippen LogP contribution < -0.4 is 0 Å². The first kappa shape index (κ1) is 8.82. The van der Waals surface area contributed by atoms with E-state index in [-0.39, 0.29) is 0 Å². The standard InChI is InChI=1S/C10H11ClO2/c11-9-5-8(6-12)13-10(9)7-3-1-2-4-7/h5-7H,1-4H2. The summed E-state index contributed by atoms with van der Waals surface area (Å²) >= 11 is 5.95. The molecule has 0 amide bonds. The van der Waals surface area contributed by atoms with Gasteiger partial charge in [0.25, 0.3) is 0 Å². The Hall–Kier alpha value is -0.760. The molecule has 0 aromatic carbocycles. The summed E-state index contributed by atoms with van der Waals surface area (Å²) in [6.07, 6.45) is 5.43. The van der Waals surface area contributed by atoms with E-state index >= 15 is 0 Å². The van der Waals surface area contributed by atoms with Gasteiger partial charge in [-0.1, -0.05) is 24.4 Å². The van der Waals surface area contributed by atoms with Crippen molar-refractivity contribution in [1.29, 1.82) is 0 Å². The molecular weight excluding hydrogens is 188 g/mol. The molecule has 0 saturated heterocycles. The minimum Gasteiger partial charge on any atom is -0.456 e. The molecule has 0 radical (unpaired) electrons. The van der Waals surface area contributed by atoms with Gasteiger partial charge in [0.2, 0.25) is 0 Å². The number of aldehydes is 1. The molecule has 3 heteroatoms. The van der Waals surface area contributed by atoms with Gasteiger partial charge in [-0.3, -0.25) is 4.79 Å². The van der Waals surface area contributed by atoms with Gasteiger partial charge >= 0.3 is 0 Å². The maximum Gasteiger partial charge on any atom is 0.185 e. The molecule has 1 saturated carbocycles. The molecule has 2 nitrogen and oxygen atoms in total. The zero-order valence-corrected chi connectivity index (χ0v) is 8.01. The van der Waals surface area contributed by atoms with Crippen LogP contribution >= 0.6 is 11.6 Å². The summed E-state index contributed by atoms with van der Waals surface area (Å²) in [5.41, 5.74) is 0. The number of halogens is 1. The van der Waals surface area contributed by atoms with Gasteiger partial charge in [-0.25, -0.2) is 0 Å². The Balaban J connectivity index is 2.27. The van der Waals surface area contributed by atoms with E-state index in [4.69, 9.17) is 16.0 Å². The summed E-state index contributed by atoms with van der Waals surface area (Å²) in [6, 6.07) is 1.60. The number of carbonyl (C=O) groups excluding carboxylic acids is 1. The topological polar surface area (TPSA) is 30.2 Å². The SMILES string of the molecule is O=Cc1cc(Cl)c(C2CCCC2)o1. The fourth-order valence-corrected chi connectivity index (χ4v) is 2.23. The minimum atomic E-state index is 0.340. The maximum absolute atomic E-state index is 10.4. The summed E-state index contributed by atoms with van der Waals surface area (Å²) in [5, 5.41) is 0.606. The summed E-state index contributed by atoms with van der Waals surface area (Å²) in [7, 11) is 0. The Morgan fingerprint density at radius 2 is 2.15 bits per heavy atom. The molecule has 1 aliphatic rings. The van der Waals surface area contributed by atoms with Crippen molar-refractivity contribution in [1.82, 2.24) is 0 Å². The van der Waals surface area contributed by atoms with E-state index in [1.807, 2.05) is 0 Å². The Kier molecular flexibility index (Phi) is 2.40. The molecule has 2 rings (SSSR count). The van der Waals surface area contributed by atoms with Crippen molar-refractivity contribution in [3.05, 3.63) is 22.6 Å².